The quantitative estimate of drug-likeness (QED) is 0.939. The van der Waals surface area contributed by atoms with E-state index < -0.39 is 0 Å². The maximum Gasteiger partial charge on any atom is 0.138 e. The zero-order valence-electron chi connectivity index (χ0n) is 14.1. The molecule has 2 atom stereocenters. The summed E-state index contributed by atoms with van der Waals surface area (Å²) in [6.07, 6.45) is 5.02. The fourth-order valence-corrected chi connectivity index (χ4v) is 3.70. The summed E-state index contributed by atoms with van der Waals surface area (Å²) in [6, 6.07) is 13.5. The van der Waals surface area contributed by atoms with Gasteiger partial charge in [0.1, 0.15) is 11.9 Å². The van der Waals surface area contributed by atoms with Gasteiger partial charge in [0, 0.05) is 24.4 Å². The molecule has 4 heteroatoms. The van der Waals surface area contributed by atoms with E-state index in [9.17, 15) is 0 Å². The normalized spacial score (nSPS) is 23.9. The molecule has 0 bridgehead atoms. The molecule has 1 aliphatic carbocycles. The first-order chi connectivity index (χ1) is 11.8. The fraction of sp³-hybridized carbons (Fsp3) is 0.450. The summed E-state index contributed by atoms with van der Waals surface area (Å²) in [5.74, 6) is 0.817. The van der Waals surface area contributed by atoms with E-state index in [1.807, 2.05) is 19.1 Å². The van der Waals surface area contributed by atoms with Crippen LogP contribution in [0.3, 0.4) is 0 Å². The number of benzene rings is 1. The third kappa shape index (κ3) is 3.45. The first kappa shape index (κ1) is 15.6. The Balaban J connectivity index is 1.40. The van der Waals surface area contributed by atoms with Crippen molar-refractivity contribution < 1.29 is 9.47 Å². The van der Waals surface area contributed by atoms with E-state index in [1.165, 1.54) is 11.1 Å². The summed E-state index contributed by atoms with van der Waals surface area (Å²) in [7, 11) is 0. The van der Waals surface area contributed by atoms with Crippen molar-refractivity contribution in [2.24, 2.45) is 0 Å². The number of aryl methyl sites for hydroxylation is 1. The van der Waals surface area contributed by atoms with Gasteiger partial charge in [-0.15, -0.1) is 0 Å². The van der Waals surface area contributed by atoms with Crippen molar-refractivity contribution in [1.29, 1.82) is 0 Å². The van der Waals surface area contributed by atoms with Crippen LogP contribution in [0, 0.1) is 6.92 Å². The molecular weight excluding hydrogens is 300 g/mol. The van der Waals surface area contributed by atoms with E-state index >= 15 is 0 Å². The van der Waals surface area contributed by atoms with Crippen molar-refractivity contribution in [2.45, 2.75) is 44.4 Å². The van der Waals surface area contributed by atoms with Crippen molar-refractivity contribution in [3.8, 4) is 5.75 Å². The first-order valence-electron chi connectivity index (χ1n) is 8.78. The molecule has 1 aliphatic heterocycles. The van der Waals surface area contributed by atoms with E-state index in [0.29, 0.717) is 18.7 Å². The predicted octanol–water partition coefficient (Wildman–Crippen LogP) is 2.68. The molecule has 24 heavy (non-hydrogen) atoms. The summed E-state index contributed by atoms with van der Waals surface area (Å²) < 4.78 is 11.8. The second-order valence-electron chi connectivity index (χ2n) is 6.80. The highest BCUT2D eigenvalue weighted by molar-refractivity contribution is 5.33. The Morgan fingerprint density at radius 2 is 1.92 bits per heavy atom. The van der Waals surface area contributed by atoms with Crippen LogP contribution in [-0.4, -0.2) is 36.4 Å². The maximum atomic E-state index is 6.16. The Hall–Kier alpha value is -1.91. The second kappa shape index (κ2) is 6.91. The third-order valence-corrected chi connectivity index (χ3v) is 4.98. The highest BCUT2D eigenvalue weighted by Gasteiger charge is 2.31. The molecule has 1 saturated heterocycles. The minimum Gasteiger partial charge on any atom is -0.485 e. The van der Waals surface area contributed by atoms with Gasteiger partial charge in [-0.1, -0.05) is 24.3 Å². The molecule has 0 radical (unpaired) electrons. The number of hydrogen-bond acceptors (Lipinski definition) is 4. The Labute approximate surface area is 143 Å². The van der Waals surface area contributed by atoms with Crippen LogP contribution < -0.4 is 10.1 Å². The number of fused-ring (bicyclic) bond motifs is 1. The van der Waals surface area contributed by atoms with Crippen LogP contribution in [0.15, 0.2) is 42.6 Å². The lowest BCUT2D eigenvalue weighted by molar-refractivity contribution is -0.0174. The molecule has 0 spiro atoms. The lowest BCUT2D eigenvalue weighted by atomic mass is 10.0. The molecular formula is C20H24N2O2. The monoisotopic (exact) mass is 324 g/mol. The van der Waals surface area contributed by atoms with E-state index in [-0.39, 0.29) is 6.10 Å². The van der Waals surface area contributed by atoms with Gasteiger partial charge in [-0.05, 0) is 49.4 Å². The van der Waals surface area contributed by atoms with Crippen LogP contribution in [0.2, 0.25) is 0 Å². The van der Waals surface area contributed by atoms with Gasteiger partial charge in [0.15, 0.2) is 0 Å². The van der Waals surface area contributed by atoms with Crippen molar-refractivity contribution in [1.82, 2.24) is 10.3 Å². The van der Waals surface area contributed by atoms with Gasteiger partial charge in [0.05, 0.1) is 12.8 Å². The Bertz CT molecular complexity index is 661. The number of aromatic nitrogens is 1. The lowest BCUT2D eigenvalue weighted by Gasteiger charge is -2.34. The smallest absolute Gasteiger partial charge is 0.138 e. The van der Waals surface area contributed by atoms with Gasteiger partial charge in [-0.25, -0.2) is 0 Å². The number of rotatable bonds is 4. The van der Waals surface area contributed by atoms with E-state index in [1.54, 1.807) is 6.20 Å². The molecule has 2 aliphatic rings. The number of pyridine rings is 1. The SMILES string of the molecule is Cc1ccc(O[C@H]2COCC[C@H]2NC2Cc3ccccc3C2)cn1. The molecule has 126 valence electrons. The van der Waals surface area contributed by atoms with Crippen LogP contribution in [0.4, 0.5) is 0 Å². The summed E-state index contributed by atoms with van der Waals surface area (Å²) in [4.78, 5) is 4.31. The molecule has 0 unspecified atom stereocenters. The average molecular weight is 324 g/mol. The Kier molecular flexibility index (Phi) is 4.50. The number of ether oxygens (including phenoxy) is 2. The van der Waals surface area contributed by atoms with Gasteiger partial charge in [0.25, 0.3) is 0 Å². The molecule has 1 N–H and O–H groups in total. The van der Waals surface area contributed by atoms with Crippen LogP contribution in [-0.2, 0) is 17.6 Å². The maximum absolute atomic E-state index is 6.16. The zero-order valence-corrected chi connectivity index (χ0v) is 14.1. The van der Waals surface area contributed by atoms with Gasteiger partial charge in [0.2, 0.25) is 0 Å². The van der Waals surface area contributed by atoms with Gasteiger partial charge in [-0.2, -0.15) is 0 Å². The molecule has 1 aromatic heterocycles. The van der Waals surface area contributed by atoms with Crippen LogP contribution in [0.5, 0.6) is 5.75 Å². The molecule has 1 fully saturated rings. The third-order valence-electron chi connectivity index (χ3n) is 4.98. The van der Waals surface area contributed by atoms with Crippen LogP contribution in [0.1, 0.15) is 23.2 Å². The highest BCUT2D eigenvalue weighted by atomic mass is 16.5. The highest BCUT2D eigenvalue weighted by Crippen LogP contribution is 2.24. The van der Waals surface area contributed by atoms with E-state index in [4.69, 9.17) is 9.47 Å². The molecule has 4 nitrogen and oxygen atoms in total. The summed E-state index contributed by atoms with van der Waals surface area (Å²) in [5.41, 5.74) is 3.95. The predicted molar refractivity (Wildman–Crippen MR) is 93.4 cm³/mol. The molecule has 4 rings (SSSR count). The number of hydrogen-bond donors (Lipinski definition) is 1. The summed E-state index contributed by atoms with van der Waals surface area (Å²) >= 11 is 0. The summed E-state index contributed by atoms with van der Waals surface area (Å²) in [5, 5.41) is 3.82. The number of nitrogens with one attached hydrogen (secondary N) is 1. The summed E-state index contributed by atoms with van der Waals surface area (Å²) in [6.45, 7) is 3.41. The van der Waals surface area contributed by atoms with Gasteiger partial charge >= 0.3 is 0 Å². The minimum absolute atomic E-state index is 0.0342. The topological polar surface area (TPSA) is 43.4 Å². The van der Waals surface area contributed by atoms with Crippen molar-refractivity contribution in [3.05, 3.63) is 59.4 Å². The van der Waals surface area contributed by atoms with Gasteiger partial charge in [-0.3, -0.25) is 4.98 Å². The largest absolute Gasteiger partial charge is 0.485 e. The lowest BCUT2D eigenvalue weighted by Crippen LogP contribution is -2.52. The van der Waals surface area contributed by atoms with Crippen LogP contribution in [0.25, 0.3) is 0 Å². The van der Waals surface area contributed by atoms with Crippen molar-refractivity contribution in [2.75, 3.05) is 13.2 Å². The Morgan fingerprint density at radius 3 is 2.62 bits per heavy atom. The fourth-order valence-electron chi connectivity index (χ4n) is 3.70. The Morgan fingerprint density at radius 1 is 1.12 bits per heavy atom. The first-order valence-corrected chi connectivity index (χ1v) is 8.78. The van der Waals surface area contributed by atoms with Crippen molar-refractivity contribution in [3.63, 3.8) is 0 Å². The van der Waals surface area contributed by atoms with Crippen molar-refractivity contribution >= 4 is 0 Å². The second-order valence-corrected chi connectivity index (χ2v) is 6.80. The standard InChI is InChI=1S/C20H24N2O2/c1-14-6-7-18(12-21-14)24-20-13-23-9-8-19(20)22-17-10-15-4-2-3-5-16(15)11-17/h2-7,12,17,19-20,22H,8-11,13H2,1H3/t19-,20+/m1/s1. The molecule has 2 aromatic rings. The van der Waals surface area contributed by atoms with Crippen LogP contribution >= 0.6 is 0 Å². The van der Waals surface area contributed by atoms with Gasteiger partial charge < -0.3 is 14.8 Å². The molecule has 1 aromatic carbocycles. The van der Waals surface area contributed by atoms with E-state index in [2.05, 4.69) is 34.6 Å². The molecule has 2 heterocycles. The molecule has 0 amide bonds. The average Bonchev–Trinajstić information content (AvgIpc) is 3.01. The number of nitrogens with zero attached hydrogens (tertiary/aromatic N) is 1. The minimum atomic E-state index is 0.0342. The molecule has 0 saturated carbocycles. The zero-order chi connectivity index (χ0) is 16.4. The van der Waals surface area contributed by atoms with E-state index in [0.717, 1.165) is 37.3 Å².